The summed E-state index contributed by atoms with van der Waals surface area (Å²) in [5.41, 5.74) is 8.84. The summed E-state index contributed by atoms with van der Waals surface area (Å²) in [6.07, 6.45) is 5.77. The molecule has 1 aliphatic carbocycles. The molecule has 5 heterocycles. The number of aromatic nitrogens is 2. The van der Waals surface area contributed by atoms with E-state index < -0.39 is 47.3 Å². The number of fused-ring (bicyclic) bond motifs is 6. The van der Waals surface area contributed by atoms with Crippen molar-refractivity contribution in [3.05, 3.63) is 58.2 Å². The van der Waals surface area contributed by atoms with Crippen molar-refractivity contribution in [3.8, 4) is 11.3 Å². The van der Waals surface area contributed by atoms with E-state index in [9.17, 15) is 19.2 Å². The van der Waals surface area contributed by atoms with Gasteiger partial charge in [-0.05, 0) is 90.3 Å². The molecule has 0 unspecified atom stereocenters. The fourth-order valence-corrected chi connectivity index (χ4v) is 10.7. The smallest absolute Gasteiger partial charge is 0.324 e. The van der Waals surface area contributed by atoms with Gasteiger partial charge in [0.15, 0.2) is 0 Å². The molecular formula is C48H65N7O7S. The van der Waals surface area contributed by atoms with E-state index >= 15 is 0 Å². The zero-order chi connectivity index (χ0) is 45.3. The maximum absolute atomic E-state index is 14.8. The van der Waals surface area contributed by atoms with Gasteiger partial charge in [-0.3, -0.25) is 29.2 Å². The first-order valence-electron chi connectivity index (χ1n) is 22.6. The number of nitrogens with one attached hydrogen (secondary N) is 2. The van der Waals surface area contributed by atoms with E-state index in [0.717, 1.165) is 51.8 Å². The molecule has 3 aromatic rings. The van der Waals surface area contributed by atoms with Gasteiger partial charge in [0.1, 0.15) is 23.2 Å². The van der Waals surface area contributed by atoms with Gasteiger partial charge in [0.05, 0.1) is 41.6 Å². The van der Waals surface area contributed by atoms with Crippen LogP contribution in [0.25, 0.3) is 27.7 Å². The van der Waals surface area contributed by atoms with Crippen LogP contribution in [-0.4, -0.2) is 107 Å². The van der Waals surface area contributed by atoms with Gasteiger partial charge < -0.3 is 29.0 Å². The van der Waals surface area contributed by atoms with Gasteiger partial charge in [-0.1, -0.05) is 39.5 Å². The van der Waals surface area contributed by atoms with Crippen molar-refractivity contribution in [1.82, 2.24) is 30.2 Å². The van der Waals surface area contributed by atoms with Crippen molar-refractivity contribution in [2.45, 2.75) is 124 Å². The number of benzene rings is 1. The van der Waals surface area contributed by atoms with Crippen LogP contribution in [0.15, 0.2) is 46.9 Å². The van der Waals surface area contributed by atoms with Crippen LogP contribution < -0.4 is 10.7 Å². The van der Waals surface area contributed by atoms with Gasteiger partial charge in [-0.25, -0.2) is 10.4 Å². The predicted octanol–water partition coefficient (Wildman–Crippen LogP) is 6.88. The van der Waals surface area contributed by atoms with Gasteiger partial charge in [0.25, 0.3) is 5.91 Å². The monoisotopic (exact) mass is 883 g/mol. The standard InChI is InChI=1S/C48H65N7O7S/c1-11-31(39(49-12-2)29(7)60-10)41-33-24-48(8,9)26-62-47(59)34-18-16-22-55(52-34)46(58)40(51-43(56)37-28(6)38(37)45(57)54-21-15-17-27(54)5)42(61-14-4)44-50-35(25-63-44)30-19-20-36(32(33)23-30)53(41)13-3/h11-12,19-20,23,25,27-29,34,37-38,40,42,52H,1,13-18,21-22,24,26H2,2-10H3,(H,51,56)/b39-31+,49-12?/t27-,28+,29-,34-,37+,38+,40-,42-/m0/s1. The average molecular weight is 884 g/mol. The first-order valence-corrected chi connectivity index (χ1v) is 23.5. The molecule has 8 atom stereocenters. The molecular weight excluding hydrogens is 819 g/mol. The lowest BCUT2D eigenvalue weighted by molar-refractivity contribution is -0.156. The van der Waals surface area contributed by atoms with Gasteiger partial charge in [-0.15, -0.1) is 11.3 Å². The highest BCUT2D eigenvalue weighted by atomic mass is 32.1. The van der Waals surface area contributed by atoms with Crippen molar-refractivity contribution in [1.29, 1.82) is 0 Å². The Hall–Kier alpha value is -4.70. The molecule has 0 radical (unpaired) electrons. The number of hydrogen-bond donors (Lipinski definition) is 2. The van der Waals surface area contributed by atoms with Crippen LogP contribution in [0.1, 0.15) is 103 Å². The van der Waals surface area contributed by atoms with E-state index in [0.29, 0.717) is 49.6 Å². The van der Waals surface area contributed by atoms with Crippen molar-refractivity contribution in [2.24, 2.45) is 28.2 Å². The van der Waals surface area contributed by atoms with Gasteiger partial charge in [-0.2, -0.15) is 0 Å². The molecule has 1 saturated carbocycles. The highest BCUT2D eigenvalue weighted by molar-refractivity contribution is 7.10. The third kappa shape index (κ3) is 9.16. The topological polar surface area (TPSA) is 157 Å². The summed E-state index contributed by atoms with van der Waals surface area (Å²) in [6.45, 7) is 22.2. The number of hydrogen-bond acceptors (Lipinski definition) is 11. The number of rotatable bonds is 11. The SMILES string of the molecule is C=C/C(=C(\N=CC)[C@H](C)OC)c1c2c3cc(ccc3n1CC)-c1csc(n1)[C@@H](OCC)[C@H](NC(=O)[C@@H]1[C@@H](C)[C@H]1C(=O)N1CCC[C@@H]1C)C(=O)N1CCC[C@H](N1)C(=O)OCC(C)(C)C2. The van der Waals surface area contributed by atoms with E-state index in [2.05, 4.69) is 60.9 Å². The Bertz CT molecular complexity index is 2300. The summed E-state index contributed by atoms with van der Waals surface area (Å²) >= 11 is 1.36. The third-order valence-corrected chi connectivity index (χ3v) is 14.2. The Kier molecular flexibility index (Phi) is 14.1. The Balaban J connectivity index is 1.35. The Morgan fingerprint density at radius 2 is 1.92 bits per heavy atom. The van der Waals surface area contributed by atoms with E-state index in [1.54, 1.807) is 13.3 Å². The maximum atomic E-state index is 14.8. The fourth-order valence-electron chi connectivity index (χ4n) is 9.80. The average Bonchev–Trinajstić information content (AvgIpc) is 3.60. The van der Waals surface area contributed by atoms with Gasteiger partial charge in [0.2, 0.25) is 11.8 Å². The number of cyclic esters (lactones) is 1. The summed E-state index contributed by atoms with van der Waals surface area (Å²) in [4.78, 5) is 68.5. The van der Waals surface area contributed by atoms with E-state index in [4.69, 9.17) is 24.2 Å². The number of aliphatic imine (C=N–C) groups is 1. The normalized spacial score (nSPS) is 27.2. The molecule has 2 saturated heterocycles. The number of allylic oxidation sites excluding steroid dienone is 2. The lowest BCUT2D eigenvalue weighted by atomic mass is 9.84. The second kappa shape index (κ2) is 19.2. The molecule has 7 rings (SSSR count). The molecule has 3 fully saturated rings. The molecule has 2 N–H and O–H groups in total. The summed E-state index contributed by atoms with van der Waals surface area (Å²) < 4.78 is 20.6. The summed E-state index contributed by atoms with van der Waals surface area (Å²) in [7, 11) is 1.67. The van der Waals surface area contributed by atoms with Crippen LogP contribution in [0.4, 0.5) is 0 Å². The minimum absolute atomic E-state index is 0.00505. The first kappa shape index (κ1) is 46.3. The van der Waals surface area contributed by atoms with E-state index in [1.165, 1.54) is 16.3 Å². The summed E-state index contributed by atoms with van der Waals surface area (Å²) in [5, 5.41) is 7.97. The third-order valence-electron chi connectivity index (χ3n) is 13.3. The number of carbonyl (C=O) groups excluding carboxylic acids is 4. The molecule has 14 nitrogen and oxygen atoms in total. The lowest BCUT2D eigenvalue weighted by Crippen LogP contribution is -2.61. The number of hydrazine groups is 1. The number of ether oxygens (including phenoxy) is 3. The zero-order valence-electron chi connectivity index (χ0n) is 38.4. The number of amides is 3. The van der Waals surface area contributed by atoms with Crippen LogP contribution in [0.3, 0.4) is 0 Å². The van der Waals surface area contributed by atoms with Crippen molar-refractivity contribution in [2.75, 3.05) is 33.4 Å². The molecule has 3 amide bonds. The largest absolute Gasteiger partial charge is 0.464 e. The minimum Gasteiger partial charge on any atom is -0.464 e. The number of carbonyl (C=O) groups is 4. The molecule has 340 valence electrons. The number of methoxy groups -OCH3 is 1. The maximum Gasteiger partial charge on any atom is 0.324 e. The highest BCUT2D eigenvalue weighted by Gasteiger charge is 2.58. The lowest BCUT2D eigenvalue weighted by Gasteiger charge is -2.37. The molecule has 6 bridgehead atoms. The van der Waals surface area contributed by atoms with Gasteiger partial charge >= 0.3 is 5.97 Å². The van der Waals surface area contributed by atoms with E-state index in [-0.39, 0.29) is 43.1 Å². The molecule has 15 heteroatoms. The molecule has 4 aliphatic rings. The highest BCUT2D eigenvalue weighted by Crippen LogP contribution is 2.48. The Labute approximate surface area is 375 Å². The molecule has 63 heavy (non-hydrogen) atoms. The molecule has 1 aromatic carbocycles. The van der Waals surface area contributed by atoms with Crippen LogP contribution >= 0.6 is 11.3 Å². The summed E-state index contributed by atoms with van der Waals surface area (Å²) in [6, 6.07) is 4.45. The van der Waals surface area contributed by atoms with Crippen molar-refractivity contribution < 1.29 is 33.4 Å². The van der Waals surface area contributed by atoms with Crippen molar-refractivity contribution >= 4 is 57.7 Å². The molecule has 2 aromatic heterocycles. The minimum atomic E-state index is -1.21. The number of thiazole rings is 1. The first-order chi connectivity index (χ1) is 30.2. The number of aryl methyl sites for hydroxylation is 1. The number of likely N-dealkylation sites (tertiary alicyclic amines) is 1. The second-order valence-electron chi connectivity index (χ2n) is 18.2. The zero-order valence-corrected chi connectivity index (χ0v) is 39.2. The number of esters is 1. The van der Waals surface area contributed by atoms with E-state index in [1.807, 2.05) is 51.0 Å². The predicted molar refractivity (Wildman–Crippen MR) is 246 cm³/mol. The molecule has 3 aliphatic heterocycles. The fraction of sp³-hybridized carbons (Fsp3) is 0.583. The summed E-state index contributed by atoms with van der Waals surface area (Å²) in [5.74, 6) is -2.51. The Morgan fingerprint density at radius 1 is 1.16 bits per heavy atom. The van der Waals surface area contributed by atoms with Crippen LogP contribution in [-0.2, 0) is 46.4 Å². The second-order valence-corrected chi connectivity index (χ2v) is 19.1. The Morgan fingerprint density at radius 3 is 2.59 bits per heavy atom. The van der Waals surface area contributed by atoms with Crippen molar-refractivity contribution in [3.63, 3.8) is 0 Å². The van der Waals surface area contributed by atoms with Gasteiger partial charge in [0, 0.05) is 78.4 Å². The van der Waals surface area contributed by atoms with Crippen LogP contribution in [0.5, 0.6) is 0 Å². The van der Waals surface area contributed by atoms with Crippen LogP contribution in [0, 0.1) is 23.2 Å². The quantitative estimate of drug-likeness (QED) is 0.119. The van der Waals surface area contributed by atoms with Crippen LogP contribution in [0.2, 0.25) is 0 Å². The molecule has 0 spiro atoms. The number of nitrogens with zero attached hydrogens (tertiary/aromatic N) is 5.